The first kappa shape index (κ1) is 25.1. The first-order chi connectivity index (χ1) is 14.7. The van der Waals surface area contributed by atoms with Crippen LogP contribution in [0, 0.1) is 0 Å². The van der Waals surface area contributed by atoms with E-state index < -0.39 is 0 Å². The predicted octanol–water partition coefficient (Wildman–Crippen LogP) is 4.44. The molecule has 2 heterocycles. The van der Waals surface area contributed by atoms with Crippen molar-refractivity contribution >= 4 is 53.9 Å². The van der Waals surface area contributed by atoms with Crippen molar-refractivity contribution < 1.29 is 14.3 Å². The standard InChI is InChI=1S/C22H23N5O3.2ClH/c23-12-14-29-18-9-5-4-8-17(18)25-20-11-10-19-21(26-20)27(13-15-30-19)22(28)24-16-6-2-1-3-7-16;;/h1-11H,12-15,23H2,(H,24,28)(H,25,26);2*1H. The smallest absolute Gasteiger partial charge is 0.327 e. The van der Waals surface area contributed by atoms with Gasteiger partial charge in [0, 0.05) is 12.2 Å². The van der Waals surface area contributed by atoms with Crippen LogP contribution in [0.25, 0.3) is 0 Å². The molecule has 0 saturated carbocycles. The van der Waals surface area contributed by atoms with Crippen LogP contribution in [-0.2, 0) is 0 Å². The lowest BCUT2D eigenvalue weighted by Crippen LogP contribution is -2.41. The van der Waals surface area contributed by atoms with E-state index in [9.17, 15) is 4.79 Å². The Kier molecular flexibility index (Phi) is 9.39. The quantitative estimate of drug-likeness (QED) is 0.485. The molecule has 0 radical (unpaired) electrons. The van der Waals surface area contributed by atoms with Crippen molar-refractivity contribution in [3.8, 4) is 11.5 Å². The maximum absolute atomic E-state index is 12.8. The summed E-state index contributed by atoms with van der Waals surface area (Å²) >= 11 is 0. The molecule has 4 N–H and O–H groups in total. The van der Waals surface area contributed by atoms with Crippen LogP contribution in [0.5, 0.6) is 11.5 Å². The van der Waals surface area contributed by atoms with Crippen molar-refractivity contribution in [3.63, 3.8) is 0 Å². The van der Waals surface area contributed by atoms with Crippen molar-refractivity contribution in [1.29, 1.82) is 0 Å². The van der Waals surface area contributed by atoms with Crippen LogP contribution in [0.4, 0.5) is 27.8 Å². The number of nitrogens with two attached hydrogens (primary N) is 1. The molecule has 32 heavy (non-hydrogen) atoms. The number of carbonyl (C=O) groups is 1. The molecule has 8 nitrogen and oxygen atoms in total. The number of hydrogen-bond donors (Lipinski definition) is 3. The summed E-state index contributed by atoms with van der Waals surface area (Å²) in [7, 11) is 0. The second-order valence-corrected chi connectivity index (χ2v) is 6.57. The van der Waals surface area contributed by atoms with E-state index in [1.807, 2.05) is 54.6 Å². The summed E-state index contributed by atoms with van der Waals surface area (Å²) < 4.78 is 11.4. The molecule has 170 valence electrons. The zero-order valence-corrected chi connectivity index (χ0v) is 18.8. The molecule has 1 aromatic heterocycles. The average molecular weight is 478 g/mol. The Balaban J connectivity index is 0.00000181. The second kappa shape index (κ2) is 12.0. The van der Waals surface area contributed by atoms with Crippen LogP contribution < -0.4 is 30.7 Å². The summed E-state index contributed by atoms with van der Waals surface area (Å²) in [4.78, 5) is 19.0. The number of benzene rings is 2. The van der Waals surface area contributed by atoms with E-state index >= 15 is 0 Å². The van der Waals surface area contributed by atoms with Crippen molar-refractivity contribution in [2.24, 2.45) is 5.73 Å². The van der Waals surface area contributed by atoms with Gasteiger partial charge in [-0.15, -0.1) is 24.8 Å². The molecule has 4 rings (SSSR count). The number of nitrogens with zero attached hydrogens (tertiary/aromatic N) is 2. The third-order valence-electron chi connectivity index (χ3n) is 4.46. The molecular weight excluding hydrogens is 453 g/mol. The van der Waals surface area contributed by atoms with E-state index in [1.54, 1.807) is 17.0 Å². The van der Waals surface area contributed by atoms with Gasteiger partial charge >= 0.3 is 6.03 Å². The summed E-state index contributed by atoms with van der Waals surface area (Å²) in [5, 5.41) is 6.14. The number of rotatable bonds is 6. The molecule has 0 aliphatic carbocycles. The Labute approximate surface area is 198 Å². The molecule has 0 atom stereocenters. The fraction of sp³-hybridized carbons (Fsp3) is 0.182. The fourth-order valence-electron chi connectivity index (χ4n) is 3.08. The second-order valence-electron chi connectivity index (χ2n) is 6.57. The van der Waals surface area contributed by atoms with E-state index in [4.69, 9.17) is 15.2 Å². The highest BCUT2D eigenvalue weighted by Gasteiger charge is 2.26. The maximum Gasteiger partial charge on any atom is 0.327 e. The van der Waals surface area contributed by atoms with Gasteiger partial charge in [0.15, 0.2) is 11.6 Å². The average Bonchev–Trinajstić information content (AvgIpc) is 2.78. The van der Waals surface area contributed by atoms with Crippen LogP contribution >= 0.6 is 24.8 Å². The Hall–Kier alpha value is -3.20. The summed E-state index contributed by atoms with van der Waals surface area (Å²) in [6.07, 6.45) is 0. The number of pyridine rings is 1. The van der Waals surface area contributed by atoms with Crippen LogP contribution in [0.3, 0.4) is 0 Å². The van der Waals surface area contributed by atoms with E-state index in [0.29, 0.717) is 49.4 Å². The third kappa shape index (κ3) is 5.94. The number of hydrogen-bond acceptors (Lipinski definition) is 6. The SMILES string of the molecule is Cl.Cl.NCCOc1ccccc1Nc1ccc2c(n1)N(C(=O)Nc1ccccc1)CCO2. The molecule has 1 aliphatic rings. The van der Waals surface area contributed by atoms with E-state index in [1.165, 1.54) is 0 Å². The lowest BCUT2D eigenvalue weighted by molar-refractivity contribution is 0.249. The highest BCUT2D eigenvalue weighted by molar-refractivity contribution is 6.02. The van der Waals surface area contributed by atoms with Gasteiger partial charge in [-0.2, -0.15) is 0 Å². The van der Waals surface area contributed by atoms with Gasteiger partial charge in [-0.3, -0.25) is 4.90 Å². The minimum Gasteiger partial charge on any atom is -0.490 e. The summed E-state index contributed by atoms with van der Waals surface area (Å²) in [6, 6.07) is 20.2. The number of halogens is 2. The minimum absolute atomic E-state index is 0. The van der Waals surface area contributed by atoms with Gasteiger partial charge in [-0.1, -0.05) is 30.3 Å². The van der Waals surface area contributed by atoms with Gasteiger partial charge in [0.25, 0.3) is 0 Å². The summed E-state index contributed by atoms with van der Waals surface area (Å²) in [5.74, 6) is 2.26. The summed E-state index contributed by atoms with van der Waals surface area (Å²) in [6.45, 7) is 1.64. The highest BCUT2D eigenvalue weighted by atomic mass is 35.5. The molecule has 2 amide bonds. The van der Waals surface area contributed by atoms with E-state index in [0.717, 1.165) is 11.4 Å². The number of urea groups is 1. The van der Waals surface area contributed by atoms with E-state index in [-0.39, 0.29) is 30.8 Å². The first-order valence-corrected chi connectivity index (χ1v) is 9.71. The molecule has 0 spiro atoms. The van der Waals surface area contributed by atoms with Gasteiger partial charge in [-0.25, -0.2) is 9.78 Å². The molecule has 0 unspecified atom stereocenters. The van der Waals surface area contributed by atoms with Crippen molar-refractivity contribution in [3.05, 3.63) is 66.7 Å². The molecule has 1 aliphatic heterocycles. The highest BCUT2D eigenvalue weighted by Crippen LogP contribution is 2.33. The zero-order chi connectivity index (χ0) is 20.8. The van der Waals surface area contributed by atoms with Gasteiger partial charge in [0.1, 0.15) is 24.8 Å². The number of anilines is 4. The molecule has 0 fully saturated rings. The van der Waals surface area contributed by atoms with Crippen LogP contribution in [0.15, 0.2) is 66.7 Å². The third-order valence-corrected chi connectivity index (χ3v) is 4.46. The lowest BCUT2D eigenvalue weighted by atomic mass is 10.2. The Morgan fingerprint density at radius 1 is 1.06 bits per heavy atom. The first-order valence-electron chi connectivity index (χ1n) is 9.71. The van der Waals surface area contributed by atoms with Gasteiger partial charge in [0.2, 0.25) is 0 Å². The number of amides is 2. The zero-order valence-electron chi connectivity index (χ0n) is 17.2. The Bertz CT molecular complexity index is 1020. The molecule has 0 saturated heterocycles. The van der Waals surface area contributed by atoms with Crippen molar-refractivity contribution in [2.75, 3.05) is 41.8 Å². The fourth-order valence-corrected chi connectivity index (χ4v) is 3.08. The van der Waals surface area contributed by atoms with Gasteiger partial charge < -0.3 is 25.8 Å². The Morgan fingerprint density at radius 3 is 2.59 bits per heavy atom. The Morgan fingerprint density at radius 2 is 1.81 bits per heavy atom. The molecular formula is C22H25Cl2N5O3. The summed E-state index contributed by atoms with van der Waals surface area (Å²) in [5.41, 5.74) is 7.02. The van der Waals surface area contributed by atoms with Crippen LogP contribution in [0.1, 0.15) is 0 Å². The topological polar surface area (TPSA) is 102 Å². The largest absolute Gasteiger partial charge is 0.490 e. The molecule has 3 aromatic rings. The molecule has 0 bridgehead atoms. The van der Waals surface area contributed by atoms with Crippen molar-refractivity contribution in [2.45, 2.75) is 0 Å². The van der Waals surface area contributed by atoms with Crippen LogP contribution in [-0.4, -0.2) is 37.3 Å². The van der Waals surface area contributed by atoms with E-state index in [2.05, 4.69) is 15.6 Å². The lowest BCUT2D eigenvalue weighted by Gasteiger charge is -2.29. The minimum atomic E-state index is -0.262. The monoisotopic (exact) mass is 477 g/mol. The number of fused-ring (bicyclic) bond motifs is 1. The molecule has 2 aromatic carbocycles. The normalized spacial score (nSPS) is 11.7. The number of ether oxygens (including phenoxy) is 2. The number of carbonyl (C=O) groups excluding carboxylic acids is 1. The number of aromatic nitrogens is 1. The number of nitrogens with one attached hydrogen (secondary N) is 2. The molecule has 10 heteroatoms. The number of para-hydroxylation sites is 3. The van der Waals surface area contributed by atoms with Gasteiger partial charge in [0.05, 0.1) is 12.2 Å². The predicted molar refractivity (Wildman–Crippen MR) is 131 cm³/mol. The maximum atomic E-state index is 12.8. The van der Waals surface area contributed by atoms with Crippen molar-refractivity contribution in [1.82, 2.24) is 4.98 Å². The van der Waals surface area contributed by atoms with Gasteiger partial charge in [-0.05, 0) is 36.4 Å². The van der Waals surface area contributed by atoms with Crippen LogP contribution in [0.2, 0.25) is 0 Å².